The van der Waals surface area contributed by atoms with E-state index in [4.69, 9.17) is 10.2 Å². The average molecular weight is 370 g/mol. The fraction of sp³-hybridized carbons (Fsp3) is 0.125. The molecular formula is C16H12F2N8O. The Morgan fingerprint density at radius 1 is 1.00 bits per heavy atom. The number of nitrogens with zero attached hydrogens (tertiary/aromatic N) is 7. The van der Waals surface area contributed by atoms with Crippen LogP contribution in [0.5, 0.6) is 0 Å². The summed E-state index contributed by atoms with van der Waals surface area (Å²) in [5.74, 6) is -0.304. The summed E-state index contributed by atoms with van der Waals surface area (Å²) < 4.78 is 31.5. The molecule has 0 spiro atoms. The number of nitrogens with two attached hydrogens (primary N) is 1. The lowest BCUT2D eigenvalue weighted by Crippen LogP contribution is -2.02. The summed E-state index contributed by atoms with van der Waals surface area (Å²) in [6, 6.07) is 6.87. The smallest absolute Gasteiger partial charge is 0.314 e. The summed E-state index contributed by atoms with van der Waals surface area (Å²) in [7, 11) is 0. The lowest BCUT2D eigenvalue weighted by molar-refractivity contribution is 0.116. The maximum Gasteiger partial charge on any atom is 0.314 e. The van der Waals surface area contributed by atoms with E-state index in [0.717, 1.165) is 5.56 Å². The van der Waals surface area contributed by atoms with E-state index in [1.807, 2.05) is 6.07 Å². The van der Waals surface area contributed by atoms with Gasteiger partial charge < -0.3 is 10.2 Å². The fourth-order valence-corrected chi connectivity index (χ4v) is 2.31. The lowest BCUT2D eigenvalue weighted by atomic mass is 10.2. The molecule has 4 aromatic rings. The molecule has 0 saturated heterocycles. The molecule has 136 valence electrons. The van der Waals surface area contributed by atoms with Crippen molar-refractivity contribution in [2.45, 2.75) is 13.0 Å². The maximum absolute atomic E-state index is 12.5. The van der Waals surface area contributed by atoms with Gasteiger partial charge in [0, 0.05) is 18.0 Å². The number of hydrogen-bond donors (Lipinski definition) is 1. The first-order valence-corrected chi connectivity index (χ1v) is 7.77. The zero-order chi connectivity index (χ0) is 18.8. The first kappa shape index (κ1) is 16.7. The van der Waals surface area contributed by atoms with Crippen LogP contribution in [0.4, 0.5) is 14.6 Å². The van der Waals surface area contributed by atoms with Crippen LogP contribution in [0.1, 0.15) is 18.0 Å². The van der Waals surface area contributed by atoms with Gasteiger partial charge in [0.25, 0.3) is 5.89 Å². The van der Waals surface area contributed by atoms with Crippen molar-refractivity contribution in [3.8, 4) is 22.7 Å². The minimum absolute atomic E-state index is 0.0109. The minimum Gasteiger partial charge on any atom is -0.415 e. The molecule has 0 aromatic carbocycles. The summed E-state index contributed by atoms with van der Waals surface area (Å²) in [5.41, 5.74) is 8.17. The zero-order valence-corrected chi connectivity index (χ0v) is 13.7. The number of rotatable bonds is 5. The van der Waals surface area contributed by atoms with Gasteiger partial charge >= 0.3 is 6.43 Å². The molecule has 9 nitrogen and oxygen atoms in total. The number of aromatic nitrogens is 7. The third-order valence-corrected chi connectivity index (χ3v) is 3.64. The molecule has 0 aliphatic carbocycles. The standard InChI is InChI=1S/C16H12F2N8O/c17-14(18)16-24-23-15(27-16)10-1-3-11(20-6-10)7-26-8-12(22-25-26)9-2-4-13(19)21-5-9/h1-6,8,14H,7H2,(H2,19,21). The maximum atomic E-state index is 12.5. The highest BCUT2D eigenvalue weighted by atomic mass is 19.3. The van der Waals surface area contributed by atoms with E-state index < -0.39 is 12.3 Å². The molecule has 2 N–H and O–H groups in total. The third-order valence-electron chi connectivity index (χ3n) is 3.64. The van der Waals surface area contributed by atoms with E-state index in [9.17, 15) is 8.78 Å². The van der Waals surface area contributed by atoms with Crippen LogP contribution < -0.4 is 5.73 Å². The Hall–Kier alpha value is -3.76. The Morgan fingerprint density at radius 3 is 2.48 bits per heavy atom. The van der Waals surface area contributed by atoms with Crippen molar-refractivity contribution in [2.24, 2.45) is 0 Å². The van der Waals surface area contributed by atoms with E-state index in [1.165, 1.54) is 6.20 Å². The molecule has 0 saturated carbocycles. The second-order valence-corrected chi connectivity index (χ2v) is 5.56. The van der Waals surface area contributed by atoms with Gasteiger partial charge in [-0.25, -0.2) is 9.67 Å². The Bertz CT molecular complexity index is 1040. The summed E-state index contributed by atoms with van der Waals surface area (Å²) in [6.07, 6.45) is 2.04. The Balaban J connectivity index is 1.48. The van der Waals surface area contributed by atoms with Gasteiger partial charge in [-0.05, 0) is 24.3 Å². The van der Waals surface area contributed by atoms with Crippen molar-refractivity contribution in [3.63, 3.8) is 0 Å². The predicted octanol–water partition coefficient (Wildman–Crippen LogP) is 2.35. The molecule has 4 aromatic heterocycles. The second kappa shape index (κ2) is 6.86. The number of halogens is 2. The van der Waals surface area contributed by atoms with Gasteiger partial charge in [0.05, 0.1) is 24.0 Å². The van der Waals surface area contributed by atoms with Crippen molar-refractivity contribution in [2.75, 3.05) is 5.73 Å². The molecule has 0 unspecified atom stereocenters. The summed E-state index contributed by atoms with van der Waals surface area (Å²) in [6.45, 7) is 0.377. The molecule has 0 radical (unpaired) electrons. The van der Waals surface area contributed by atoms with Crippen LogP contribution in [0.2, 0.25) is 0 Å². The zero-order valence-electron chi connectivity index (χ0n) is 13.7. The van der Waals surface area contributed by atoms with Crippen LogP contribution in [-0.2, 0) is 6.54 Å². The van der Waals surface area contributed by atoms with E-state index in [0.29, 0.717) is 29.3 Å². The largest absolute Gasteiger partial charge is 0.415 e. The second-order valence-electron chi connectivity index (χ2n) is 5.56. The van der Waals surface area contributed by atoms with Crippen LogP contribution in [0, 0.1) is 0 Å². The van der Waals surface area contributed by atoms with Crippen molar-refractivity contribution >= 4 is 5.82 Å². The number of alkyl halides is 2. The number of pyridine rings is 2. The van der Waals surface area contributed by atoms with E-state index in [1.54, 1.807) is 35.3 Å². The first-order chi connectivity index (χ1) is 13.1. The van der Waals surface area contributed by atoms with Crippen LogP contribution >= 0.6 is 0 Å². The van der Waals surface area contributed by atoms with Gasteiger partial charge in [0.1, 0.15) is 11.5 Å². The minimum atomic E-state index is -2.81. The number of anilines is 1. The molecule has 0 bridgehead atoms. The number of nitrogen functional groups attached to an aromatic ring is 1. The van der Waals surface area contributed by atoms with Crippen molar-refractivity contribution < 1.29 is 13.2 Å². The van der Waals surface area contributed by atoms with Gasteiger partial charge in [0.15, 0.2) is 0 Å². The highest BCUT2D eigenvalue weighted by Gasteiger charge is 2.17. The van der Waals surface area contributed by atoms with Gasteiger partial charge in [-0.3, -0.25) is 4.98 Å². The molecule has 27 heavy (non-hydrogen) atoms. The molecule has 4 rings (SSSR count). The highest BCUT2D eigenvalue weighted by molar-refractivity contribution is 5.57. The Labute approximate surface area is 150 Å². The highest BCUT2D eigenvalue weighted by Crippen LogP contribution is 2.23. The quantitative estimate of drug-likeness (QED) is 0.568. The van der Waals surface area contributed by atoms with Gasteiger partial charge in [-0.1, -0.05) is 5.21 Å². The van der Waals surface area contributed by atoms with E-state index in [2.05, 4.69) is 30.5 Å². The van der Waals surface area contributed by atoms with Crippen molar-refractivity contribution in [3.05, 3.63) is 54.4 Å². The van der Waals surface area contributed by atoms with Crippen LogP contribution in [0.15, 0.2) is 47.3 Å². The first-order valence-electron chi connectivity index (χ1n) is 7.77. The topological polar surface area (TPSA) is 121 Å². The van der Waals surface area contributed by atoms with Crippen LogP contribution in [-0.4, -0.2) is 35.2 Å². The fourth-order valence-electron chi connectivity index (χ4n) is 2.31. The van der Waals surface area contributed by atoms with Crippen LogP contribution in [0.25, 0.3) is 22.7 Å². The molecule has 0 atom stereocenters. The van der Waals surface area contributed by atoms with Gasteiger partial charge in [-0.15, -0.1) is 15.3 Å². The molecular weight excluding hydrogens is 358 g/mol. The van der Waals surface area contributed by atoms with Gasteiger partial charge in [-0.2, -0.15) is 8.78 Å². The molecule has 0 amide bonds. The predicted molar refractivity (Wildman–Crippen MR) is 89.3 cm³/mol. The molecule has 0 fully saturated rings. The number of hydrogen-bond acceptors (Lipinski definition) is 8. The summed E-state index contributed by atoms with van der Waals surface area (Å²) >= 11 is 0. The molecule has 11 heteroatoms. The lowest BCUT2D eigenvalue weighted by Gasteiger charge is -2.01. The summed E-state index contributed by atoms with van der Waals surface area (Å²) in [4.78, 5) is 8.29. The van der Waals surface area contributed by atoms with Gasteiger partial charge in [0.2, 0.25) is 5.89 Å². The third kappa shape index (κ3) is 3.61. The van der Waals surface area contributed by atoms with Crippen LogP contribution in [0.3, 0.4) is 0 Å². The van der Waals surface area contributed by atoms with Crippen molar-refractivity contribution in [1.82, 2.24) is 35.2 Å². The average Bonchev–Trinajstić information content (AvgIpc) is 3.33. The van der Waals surface area contributed by atoms with E-state index in [-0.39, 0.29) is 5.89 Å². The molecule has 0 aliphatic rings. The van der Waals surface area contributed by atoms with E-state index >= 15 is 0 Å². The normalized spacial score (nSPS) is 11.2. The summed E-state index contributed by atoms with van der Waals surface area (Å²) in [5, 5.41) is 15.0. The SMILES string of the molecule is Nc1ccc(-c2cn(Cc3ccc(-c4nnc(C(F)F)o4)cn3)nn2)cn1. The Kier molecular flexibility index (Phi) is 4.24. The van der Waals surface area contributed by atoms with Crippen molar-refractivity contribution in [1.29, 1.82) is 0 Å². The molecule has 4 heterocycles. The Morgan fingerprint density at radius 2 is 1.81 bits per heavy atom. The molecule has 0 aliphatic heterocycles. The monoisotopic (exact) mass is 370 g/mol.